The van der Waals surface area contributed by atoms with Crippen LogP contribution in [0.1, 0.15) is 11.1 Å². The molecule has 1 heterocycles. The average Bonchev–Trinajstić information content (AvgIpc) is 2.69. The zero-order chi connectivity index (χ0) is 19.1. The summed E-state index contributed by atoms with van der Waals surface area (Å²) in [4.78, 5) is 26.3. The van der Waals surface area contributed by atoms with Gasteiger partial charge in [-0.1, -0.05) is 41.9 Å². The van der Waals surface area contributed by atoms with E-state index in [4.69, 9.17) is 11.6 Å². The van der Waals surface area contributed by atoms with Crippen molar-refractivity contribution in [2.75, 3.05) is 29.9 Å². The number of urea groups is 1. The Kier molecular flexibility index (Phi) is 7.01. The molecule has 7 heteroatoms. The van der Waals surface area contributed by atoms with Crippen molar-refractivity contribution < 1.29 is 9.59 Å². The first-order valence-corrected chi connectivity index (χ1v) is 10.4. The van der Waals surface area contributed by atoms with Gasteiger partial charge in [-0.05, 0) is 29.3 Å². The highest BCUT2D eigenvalue weighted by Crippen LogP contribution is 2.15. The van der Waals surface area contributed by atoms with Gasteiger partial charge in [0.05, 0.1) is 6.42 Å². The van der Waals surface area contributed by atoms with E-state index in [0.717, 1.165) is 35.7 Å². The highest BCUT2D eigenvalue weighted by molar-refractivity contribution is 7.99. The number of nitrogens with zero attached hydrogens (tertiary/aromatic N) is 1. The van der Waals surface area contributed by atoms with Gasteiger partial charge in [-0.15, -0.1) is 0 Å². The van der Waals surface area contributed by atoms with Crippen LogP contribution in [0.4, 0.5) is 10.5 Å². The first kappa shape index (κ1) is 19.6. The zero-order valence-electron chi connectivity index (χ0n) is 14.9. The van der Waals surface area contributed by atoms with Gasteiger partial charge in [0.2, 0.25) is 5.91 Å². The van der Waals surface area contributed by atoms with Gasteiger partial charge >= 0.3 is 6.03 Å². The Morgan fingerprint density at radius 2 is 1.74 bits per heavy atom. The second-order valence-corrected chi connectivity index (χ2v) is 7.90. The number of thioether (sulfide) groups is 1. The van der Waals surface area contributed by atoms with Crippen molar-refractivity contribution in [3.05, 3.63) is 64.7 Å². The fourth-order valence-electron chi connectivity index (χ4n) is 2.80. The lowest BCUT2D eigenvalue weighted by molar-refractivity contribution is -0.130. The molecule has 0 bridgehead atoms. The van der Waals surface area contributed by atoms with Gasteiger partial charge in [-0.25, -0.2) is 4.79 Å². The lowest BCUT2D eigenvalue weighted by atomic mass is 10.1. The molecular weight excluding hydrogens is 382 g/mol. The number of carbonyl (C=O) groups excluding carboxylic acids is 2. The van der Waals surface area contributed by atoms with Crippen molar-refractivity contribution >= 4 is 41.0 Å². The molecule has 1 aliphatic heterocycles. The van der Waals surface area contributed by atoms with Gasteiger partial charge in [0.1, 0.15) is 0 Å². The molecule has 0 aliphatic carbocycles. The largest absolute Gasteiger partial charge is 0.341 e. The van der Waals surface area contributed by atoms with Gasteiger partial charge < -0.3 is 15.5 Å². The molecule has 27 heavy (non-hydrogen) atoms. The lowest BCUT2D eigenvalue weighted by Crippen LogP contribution is -2.38. The van der Waals surface area contributed by atoms with Crippen LogP contribution in [0, 0.1) is 0 Å². The molecule has 3 amide bonds. The van der Waals surface area contributed by atoms with Crippen molar-refractivity contribution in [3.63, 3.8) is 0 Å². The van der Waals surface area contributed by atoms with Gasteiger partial charge in [0.15, 0.2) is 0 Å². The quantitative estimate of drug-likeness (QED) is 0.798. The molecule has 2 N–H and O–H groups in total. The van der Waals surface area contributed by atoms with E-state index in [1.807, 2.05) is 59.1 Å². The van der Waals surface area contributed by atoms with Crippen LogP contribution < -0.4 is 10.6 Å². The van der Waals surface area contributed by atoms with Crippen molar-refractivity contribution in [1.82, 2.24) is 10.2 Å². The van der Waals surface area contributed by atoms with Crippen LogP contribution in [0.25, 0.3) is 0 Å². The number of hydrogen-bond acceptors (Lipinski definition) is 3. The molecule has 0 atom stereocenters. The minimum atomic E-state index is -0.301. The Morgan fingerprint density at radius 3 is 2.44 bits per heavy atom. The van der Waals surface area contributed by atoms with E-state index in [1.54, 1.807) is 6.07 Å². The molecule has 2 aromatic carbocycles. The van der Waals surface area contributed by atoms with E-state index in [0.29, 0.717) is 23.7 Å². The van der Waals surface area contributed by atoms with Gasteiger partial charge in [0, 0.05) is 41.8 Å². The second kappa shape index (κ2) is 9.67. The van der Waals surface area contributed by atoms with E-state index in [1.165, 1.54) is 0 Å². The maximum Gasteiger partial charge on any atom is 0.319 e. The van der Waals surface area contributed by atoms with E-state index >= 15 is 0 Å². The molecule has 0 saturated carbocycles. The summed E-state index contributed by atoms with van der Waals surface area (Å²) in [6, 6.07) is 14.5. The Labute approximate surface area is 168 Å². The van der Waals surface area contributed by atoms with Crippen LogP contribution in [-0.2, 0) is 17.8 Å². The van der Waals surface area contributed by atoms with Gasteiger partial charge in [-0.3, -0.25) is 4.79 Å². The van der Waals surface area contributed by atoms with E-state index in [2.05, 4.69) is 10.6 Å². The maximum atomic E-state index is 12.3. The summed E-state index contributed by atoms with van der Waals surface area (Å²) in [5, 5.41) is 6.19. The number of halogens is 1. The van der Waals surface area contributed by atoms with E-state index in [9.17, 15) is 9.59 Å². The summed E-state index contributed by atoms with van der Waals surface area (Å²) in [6.45, 7) is 2.01. The third-order valence-electron chi connectivity index (χ3n) is 4.33. The molecular formula is C20H22ClN3O2S. The van der Waals surface area contributed by atoms with Crippen LogP contribution >= 0.6 is 23.4 Å². The SMILES string of the molecule is O=C(NCc1ccccc1Cl)Nc1ccc(CC(=O)N2CCSCC2)cc1. The smallest absolute Gasteiger partial charge is 0.319 e. The number of hydrogen-bond donors (Lipinski definition) is 2. The molecule has 0 aromatic heterocycles. The Bertz CT molecular complexity index is 792. The molecule has 2 aromatic rings. The summed E-state index contributed by atoms with van der Waals surface area (Å²) in [7, 11) is 0. The topological polar surface area (TPSA) is 61.4 Å². The molecule has 3 rings (SSSR count). The fourth-order valence-corrected chi connectivity index (χ4v) is 3.90. The van der Waals surface area contributed by atoms with Gasteiger partial charge in [-0.2, -0.15) is 11.8 Å². The van der Waals surface area contributed by atoms with E-state index in [-0.39, 0.29) is 11.9 Å². The first-order valence-electron chi connectivity index (χ1n) is 8.84. The van der Waals surface area contributed by atoms with Crippen LogP contribution in [0.15, 0.2) is 48.5 Å². The predicted molar refractivity (Wildman–Crippen MR) is 111 cm³/mol. The summed E-state index contributed by atoms with van der Waals surface area (Å²) >= 11 is 7.96. The Morgan fingerprint density at radius 1 is 1.04 bits per heavy atom. The molecule has 5 nitrogen and oxygen atoms in total. The molecule has 1 aliphatic rings. The van der Waals surface area contributed by atoms with Crippen molar-refractivity contribution in [1.29, 1.82) is 0 Å². The summed E-state index contributed by atoms with van der Waals surface area (Å²) in [5.74, 6) is 2.18. The number of nitrogens with one attached hydrogen (secondary N) is 2. The number of benzene rings is 2. The number of rotatable bonds is 5. The maximum absolute atomic E-state index is 12.3. The van der Waals surface area contributed by atoms with E-state index < -0.39 is 0 Å². The molecule has 142 valence electrons. The monoisotopic (exact) mass is 403 g/mol. The Balaban J connectivity index is 1.47. The van der Waals surface area contributed by atoms with Crippen molar-refractivity contribution in [2.45, 2.75) is 13.0 Å². The van der Waals surface area contributed by atoms with Crippen LogP contribution in [-0.4, -0.2) is 41.4 Å². The average molecular weight is 404 g/mol. The summed E-state index contributed by atoms with van der Waals surface area (Å²) in [6.07, 6.45) is 0.393. The number of anilines is 1. The third kappa shape index (κ3) is 5.91. The summed E-state index contributed by atoms with van der Waals surface area (Å²) in [5.41, 5.74) is 2.48. The summed E-state index contributed by atoms with van der Waals surface area (Å²) < 4.78 is 0. The minimum Gasteiger partial charge on any atom is -0.341 e. The second-order valence-electron chi connectivity index (χ2n) is 6.27. The molecule has 0 radical (unpaired) electrons. The lowest BCUT2D eigenvalue weighted by Gasteiger charge is -2.26. The normalized spacial score (nSPS) is 13.9. The van der Waals surface area contributed by atoms with Crippen LogP contribution in [0.3, 0.4) is 0 Å². The molecule has 1 saturated heterocycles. The van der Waals surface area contributed by atoms with Crippen molar-refractivity contribution in [3.8, 4) is 0 Å². The van der Waals surface area contributed by atoms with Crippen LogP contribution in [0.2, 0.25) is 5.02 Å². The number of carbonyl (C=O) groups is 2. The van der Waals surface area contributed by atoms with Crippen molar-refractivity contribution in [2.24, 2.45) is 0 Å². The van der Waals surface area contributed by atoms with Gasteiger partial charge in [0.25, 0.3) is 0 Å². The highest BCUT2D eigenvalue weighted by atomic mass is 35.5. The third-order valence-corrected chi connectivity index (χ3v) is 5.64. The molecule has 1 fully saturated rings. The molecule has 0 unspecified atom stereocenters. The first-order chi connectivity index (χ1) is 13.1. The van der Waals surface area contributed by atoms with Crippen LogP contribution in [0.5, 0.6) is 0 Å². The highest BCUT2D eigenvalue weighted by Gasteiger charge is 2.16. The predicted octanol–water partition coefficient (Wildman–Crippen LogP) is 3.78. The Hall–Kier alpha value is -2.18. The molecule has 0 spiro atoms. The fraction of sp³-hybridized carbons (Fsp3) is 0.300. The standard InChI is InChI=1S/C20H22ClN3O2S/c21-18-4-2-1-3-16(18)14-22-20(26)23-17-7-5-15(6-8-17)13-19(25)24-9-11-27-12-10-24/h1-8H,9-14H2,(H2,22,23,26). The minimum absolute atomic E-state index is 0.161. The zero-order valence-corrected chi connectivity index (χ0v) is 16.5. The number of amides is 3.